The van der Waals surface area contributed by atoms with Gasteiger partial charge in [0, 0.05) is 30.5 Å². The Morgan fingerprint density at radius 2 is 1.59 bits per heavy atom. The van der Waals surface area contributed by atoms with Crippen LogP contribution in [0.1, 0.15) is 34.3 Å². The van der Waals surface area contributed by atoms with Gasteiger partial charge in [0.05, 0.1) is 11.1 Å². The maximum absolute atomic E-state index is 13.3. The summed E-state index contributed by atoms with van der Waals surface area (Å²) in [5, 5.41) is 0. The molecular weight excluding hydrogens is 379 g/mol. The van der Waals surface area contributed by atoms with Crippen molar-refractivity contribution in [1.82, 2.24) is 14.9 Å². The van der Waals surface area contributed by atoms with Gasteiger partial charge in [-0.25, -0.2) is 9.97 Å². The standard InChI is InChI=1S/C22H18F3N3O/c23-22(24,25)19-9-5-4-8-16(19)14-28(18-10-11-18)21(29)17-12-26-20(27-13-17)15-6-2-1-3-7-15/h1-9,12-13,18H,10-11,14H2. The van der Waals surface area contributed by atoms with E-state index in [0.29, 0.717) is 5.82 Å². The van der Waals surface area contributed by atoms with Crippen molar-refractivity contribution in [2.75, 3.05) is 0 Å². The smallest absolute Gasteiger partial charge is 0.331 e. The van der Waals surface area contributed by atoms with E-state index in [2.05, 4.69) is 9.97 Å². The van der Waals surface area contributed by atoms with Crippen LogP contribution in [0.3, 0.4) is 0 Å². The first kappa shape index (κ1) is 19.1. The fourth-order valence-corrected chi connectivity index (χ4v) is 3.21. The van der Waals surface area contributed by atoms with Crippen LogP contribution in [-0.4, -0.2) is 26.8 Å². The molecule has 1 saturated carbocycles. The fraction of sp³-hybridized carbons (Fsp3) is 0.227. The maximum atomic E-state index is 13.3. The molecule has 0 spiro atoms. The minimum absolute atomic E-state index is 0.0578. The summed E-state index contributed by atoms with van der Waals surface area (Å²) in [6, 6.07) is 14.6. The molecule has 148 valence electrons. The second-order valence-electron chi connectivity index (χ2n) is 6.98. The highest BCUT2D eigenvalue weighted by atomic mass is 19.4. The molecule has 1 heterocycles. The van der Waals surface area contributed by atoms with Crippen LogP contribution in [-0.2, 0) is 12.7 Å². The number of aromatic nitrogens is 2. The number of hydrogen-bond donors (Lipinski definition) is 0. The first-order valence-electron chi connectivity index (χ1n) is 9.27. The second-order valence-corrected chi connectivity index (χ2v) is 6.98. The van der Waals surface area contributed by atoms with E-state index in [0.717, 1.165) is 24.5 Å². The van der Waals surface area contributed by atoms with Gasteiger partial charge in [-0.3, -0.25) is 4.79 Å². The summed E-state index contributed by atoms with van der Waals surface area (Å²) in [4.78, 5) is 23.0. The van der Waals surface area contributed by atoms with Gasteiger partial charge in [0.15, 0.2) is 5.82 Å². The molecule has 0 bridgehead atoms. The molecule has 0 unspecified atom stereocenters. The molecule has 0 radical (unpaired) electrons. The largest absolute Gasteiger partial charge is 0.416 e. The van der Waals surface area contributed by atoms with E-state index in [1.807, 2.05) is 30.3 Å². The zero-order valence-corrected chi connectivity index (χ0v) is 15.4. The number of carbonyl (C=O) groups is 1. The zero-order valence-electron chi connectivity index (χ0n) is 15.4. The quantitative estimate of drug-likeness (QED) is 0.611. The minimum Gasteiger partial charge on any atom is -0.331 e. The molecule has 0 N–H and O–H groups in total. The number of benzene rings is 2. The number of amides is 1. The molecule has 4 nitrogen and oxygen atoms in total. The third-order valence-corrected chi connectivity index (χ3v) is 4.84. The van der Waals surface area contributed by atoms with Crippen molar-refractivity contribution < 1.29 is 18.0 Å². The third-order valence-electron chi connectivity index (χ3n) is 4.84. The lowest BCUT2D eigenvalue weighted by Crippen LogP contribution is -2.33. The SMILES string of the molecule is O=C(c1cnc(-c2ccccc2)nc1)N(Cc1ccccc1C(F)(F)F)C1CC1. The Bertz CT molecular complexity index is 1000. The number of halogens is 3. The molecule has 0 saturated heterocycles. The van der Waals surface area contributed by atoms with Crippen molar-refractivity contribution in [2.24, 2.45) is 0 Å². The monoisotopic (exact) mass is 397 g/mol. The molecule has 1 fully saturated rings. The lowest BCUT2D eigenvalue weighted by Gasteiger charge is -2.24. The van der Waals surface area contributed by atoms with Crippen LogP contribution in [0.2, 0.25) is 0 Å². The van der Waals surface area contributed by atoms with E-state index >= 15 is 0 Å². The van der Waals surface area contributed by atoms with Crippen LogP contribution >= 0.6 is 0 Å². The summed E-state index contributed by atoms with van der Waals surface area (Å²) < 4.78 is 40.0. The van der Waals surface area contributed by atoms with Crippen molar-refractivity contribution in [3.05, 3.63) is 83.7 Å². The Labute approximate surface area is 166 Å². The number of hydrogen-bond acceptors (Lipinski definition) is 3. The van der Waals surface area contributed by atoms with Crippen LogP contribution in [0.15, 0.2) is 67.0 Å². The van der Waals surface area contributed by atoms with Crippen molar-refractivity contribution >= 4 is 5.91 Å². The Morgan fingerprint density at radius 1 is 0.966 bits per heavy atom. The Balaban J connectivity index is 1.58. The minimum atomic E-state index is -4.46. The van der Waals surface area contributed by atoms with Gasteiger partial charge in [-0.15, -0.1) is 0 Å². The Morgan fingerprint density at radius 3 is 2.21 bits per heavy atom. The molecule has 3 aromatic rings. The van der Waals surface area contributed by atoms with Gasteiger partial charge in [0.2, 0.25) is 0 Å². The van der Waals surface area contributed by atoms with Crippen LogP contribution in [0.4, 0.5) is 13.2 Å². The van der Waals surface area contributed by atoms with Crippen LogP contribution in [0.25, 0.3) is 11.4 Å². The lowest BCUT2D eigenvalue weighted by molar-refractivity contribution is -0.138. The van der Waals surface area contributed by atoms with Gasteiger partial charge >= 0.3 is 6.18 Å². The van der Waals surface area contributed by atoms with Crippen LogP contribution in [0.5, 0.6) is 0 Å². The van der Waals surface area contributed by atoms with E-state index in [1.165, 1.54) is 29.4 Å². The average Bonchev–Trinajstić information content (AvgIpc) is 3.57. The molecule has 2 aromatic carbocycles. The van der Waals surface area contributed by atoms with Crippen molar-refractivity contribution in [1.29, 1.82) is 0 Å². The van der Waals surface area contributed by atoms with Gasteiger partial charge in [-0.05, 0) is 24.5 Å². The molecule has 7 heteroatoms. The summed E-state index contributed by atoms with van der Waals surface area (Å²) in [6.07, 6.45) is -0.0352. The highest BCUT2D eigenvalue weighted by Gasteiger charge is 2.37. The fourth-order valence-electron chi connectivity index (χ4n) is 3.21. The van der Waals surface area contributed by atoms with E-state index in [9.17, 15) is 18.0 Å². The predicted octanol–water partition coefficient (Wildman–Crippen LogP) is 4.97. The normalized spacial score (nSPS) is 13.9. The van der Waals surface area contributed by atoms with Gasteiger partial charge in [-0.2, -0.15) is 13.2 Å². The average molecular weight is 397 g/mol. The summed E-state index contributed by atoms with van der Waals surface area (Å²) in [6.45, 7) is -0.0976. The second kappa shape index (κ2) is 7.66. The van der Waals surface area contributed by atoms with E-state index < -0.39 is 11.7 Å². The van der Waals surface area contributed by atoms with E-state index in [1.54, 1.807) is 6.07 Å². The number of rotatable bonds is 5. The summed E-state index contributed by atoms with van der Waals surface area (Å²) in [7, 11) is 0. The molecule has 1 aromatic heterocycles. The molecule has 1 aliphatic rings. The number of alkyl halides is 3. The molecule has 1 aliphatic carbocycles. The van der Waals surface area contributed by atoms with E-state index in [4.69, 9.17) is 0 Å². The van der Waals surface area contributed by atoms with Gasteiger partial charge < -0.3 is 4.90 Å². The molecular formula is C22H18F3N3O. The van der Waals surface area contributed by atoms with Crippen molar-refractivity contribution in [3.63, 3.8) is 0 Å². The Kier molecular flexibility index (Phi) is 5.05. The number of carbonyl (C=O) groups excluding carboxylic acids is 1. The first-order chi connectivity index (χ1) is 13.9. The summed E-state index contributed by atoms with van der Waals surface area (Å²) in [5.74, 6) is 0.131. The molecule has 1 amide bonds. The predicted molar refractivity (Wildman–Crippen MR) is 102 cm³/mol. The molecule has 4 rings (SSSR count). The van der Waals surface area contributed by atoms with Gasteiger partial charge in [0.25, 0.3) is 5.91 Å². The maximum Gasteiger partial charge on any atom is 0.416 e. The van der Waals surface area contributed by atoms with Gasteiger partial charge in [-0.1, -0.05) is 48.5 Å². The third kappa shape index (κ3) is 4.29. The summed E-state index contributed by atoms with van der Waals surface area (Å²) >= 11 is 0. The van der Waals surface area contributed by atoms with Crippen molar-refractivity contribution in [3.8, 4) is 11.4 Å². The van der Waals surface area contributed by atoms with E-state index in [-0.39, 0.29) is 29.6 Å². The molecule has 0 atom stereocenters. The molecule has 29 heavy (non-hydrogen) atoms. The zero-order chi connectivity index (χ0) is 20.4. The van der Waals surface area contributed by atoms with Crippen LogP contribution in [0, 0.1) is 0 Å². The topological polar surface area (TPSA) is 46.1 Å². The first-order valence-corrected chi connectivity index (χ1v) is 9.27. The highest BCUT2D eigenvalue weighted by Crippen LogP contribution is 2.35. The molecule has 0 aliphatic heterocycles. The van der Waals surface area contributed by atoms with Crippen LogP contribution < -0.4 is 0 Å². The lowest BCUT2D eigenvalue weighted by atomic mass is 10.1. The van der Waals surface area contributed by atoms with Gasteiger partial charge in [0.1, 0.15) is 0 Å². The van der Waals surface area contributed by atoms with Crippen molar-refractivity contribution in [2.45, 2.75) is 31.6 Å². The Hall–Kier alpha value is -3.22. The number of nitrogens with zero attached hydrogens (tertiary/aromatic N) is 3. The highest BCUT2D eigenvalue weighted by molar-refractivity contribution is 5.94. The summed E-state index contributed by atoms with van der Waals surface area (Å²) in [5.41, 5.74) is 0.460.